The van der Waals surface area contributed by atoms with Gasteiger partial charge in [0.25, 0.3) is 0 Å². The maximum absolute atomic E-state index is 5.85. The zero-order valence-electron chi connectivity index (χ0n) is 10.8. The number of likely N-dealkylation sites (tertiary alicyclic amines) is 1. The number of aryl methyl sites for hydroxylation is 2. The first-order valence-electron chi connectivity index (χ1n) is 6.38. The van der Waals surface area contributed by atoms with Gasteiger partial charge in [-0.25, -0.2) is 0 Å². The molecule has 1 saturated heterocycles. The molecule has 94 valence electrons. The van der Waals surface area contributed by atoms with Crippen molar-refractivity contribution in [3.8, 4) is 5.75 Å². The van der Waals surface area contributed by atoms with Gasteiger partial charge in [0, 0.05) is 12.2 Å². The zero-order valence-corrected chi connectivity index (χ0v) is 10.8. The van der Waals surface area contributed by atoms with Crippen molar-refractivity contribution in [2.75, 3.05) is 32.0 Å². The molecule has 3 nitrogen and oxygen atoms in total. The molecule has 1 aliphatic heterocycles. The zero-order chi connectivity index (χ0) is 12.3. The number of benzene rings is 1. The van der Waals surface area contributed by atoms with E-state index in [9.17, 15) is 0 Å². The number of nitrogens with two attached hydrogens (primary N) is 1. The van der Waals surface area contributed by atoms with Crippen molar-refractivity contribution in [3.05, 3.63) is 23.3 Å². The number of nitrogens with zero attached hydrogens (tertiary/aromatic N) is 1. The topological polar surface area (TPSA) is 38.5 Å². The van der Waals surface area contributed by atoms with E-state index >= 15 is 0 Å². The van der Waals surface area contributed by atoms with E-state index in [0.29, 0.717) is 0 Å². The van der Waals surface area contributed by atoms with Gasteiger partial charge in [-0.15, -0.1) is 0 Å². The molecule has 0 aliphatic carbocycles. The Morgan fingerprint density at radius 2 is 1.88 bits per heavy atom. The van der Waals surface area contributed by atoms with Crippen LogP contribution in [0.3, 0.4) is 0 Å². The summed E-state index contributed by atoms with van der Waals surface area (Å²) in [5.74, 6) is 0.968. The fourth-order valence-electron chi connectivity index (χ4n) is 2.26. The summed E-state index contributed by atoms with van der Waals surface area (Å²) in [5, 5.41) is 0. The first-order valence-corrected chi connectivity index (χ1v) is 6.38. The van der Waals surface area contributed by atoms with Gasteiger partial charge in [0.05, 0.1) is 0 Å². The fourth-order valence-corrected chi connectivity index (χ4v) is 2.26. The Morgan fingerprint density at radius 1 is 1.18 bits per heavy atom. The first-order chi connectivity index (χ1) is 8.16. The Hall–Kier alpha value is -1.22. The van der Waals surface area contributed by atoms with Crippen molar-refractivity contribution in [2.45, 2.75) is 26.7 Å². The van der Waals surface area contributed by atoms with Gasteiger partial charge in [-0.1, -0.05) is 0 Å². The second-order valence-corrected chi connectivity index (χ2v) is 4.87. The van der Waals surface area contributed by atoms with Crippen molar-refractivity contribution < 1.29 is 4.74 Å². The second-order valence-electron chi connectivity index (χ2n) is 4.87. The molecule has 1 aromatic rings. The normalized spacial score (nSPS) is 16.4. The van der Waals surface area contributed by atoms with E-state index in [1.165, 1.54) is 25.9 Å². The number of ether oxygens (including phenoxy) is 1. The molecule has 0 saturated carbocycles. The Balaban J connectivity index is 1.87. The van der Waals surface area contributed by atoms with E-state index in [1.54, 1.807) is 0 Å². The average molecular weight is 234 g/mol. The van der Waals surface area contributed by atoms with Crippen LogP contribution in [-0.2, 0) is 0 Å². The van der Waals surface area contributed by atoms with Gasteiger partial charge in [0.2, 0.25) is 0 Å². The van der Waals surface area contributed by atoms with Crippen LogP contribution in [0.2, 0.25) is 0 Å². The van der Waals surface area contributed by atoms with Crippen molar-refractivity contribution in [3.63, 3.8) is 0 Å². The lowest BCUT2D eigenvalue weighted by Gasteiger charge is -2.16. The maximum atomic E-state index is 5.85. The lowest BCUT2D eigenvalue weighted by atomic mass is 10.1. The molecule has 2 rings (SSSR count). The molecule has 3 heteroatoms. The summed E-state index contributed by atoms with van der Waals surface area (Å²) in [7, 11) is 0. The van der Waals surface area contributed by atoms with Crippen LogP contribution in [-0.4, -0.2) is 31.1 Å². The summed E-state index contributed by atoms with van der Waals surface area (Å²) in [6.45, 7) is 8.31. The van der Waals surface area contributed by atoms with Gasteiger partial charge < -0.3 is 10.5 Å². The molecule has 17 heavy (non-hydrogen) atoms. The Kier molecular flexibility index (Phi) is 3.89. The van der Waals surface area contributed by atoms with E-state index in [1.807, 2.05) is 26.0 Å². The molecule has 0 unspecified atom stereocenters. The molecule has 1 heterocycles. The van der Waals surface area contributed by atoms with Gasteiger partial charge in [-0.05, 0) is 63.0 Å². The summed E-state index contributed by atoms with van der Waals surface area (Å²) in [4.78, 5) is 2.46. The third-order valence-electron chi connectivity index (χ3n) is 3.43. The fraction of sp³-hybridized carbons (Fsp3) is 0.571. The summed E-state index contributed by atoms with van der Waals surface area (Å²) in [6.07, 6.45) is 2.67. The minimum atomic E-state index is 0.768. The molecule has 1 aliphatic rings. The average Bonchev–Trinajstić information content (AvgIpc) is 2.78. The van der Waals surface area contributed by atoms with Crippen LogP contribution in [0.25, 0.3) is 0 Å². The smallest absolute Gasteiger partial charge is 0.122 e. The highest BCUT2D eigenvalue weighted by atomic mass is 16.5. The molecule has 0 aromatic heterocycles. The highest BCUT2D eigenvalue weighted by Gasteiger charge is 2.11. The molecule has 2 N–H and O–H groups in total. The third-order valence-corrected chi connectivity index (χ3v) is 3.43. The molecule has 0 amide bonds. The highest BCUT2D eigenvalue weighted by Crippen LogP contribution is 2.24. The molecule has 0 atom stereocenters. The van der Waals surface area contributed by atoms with Crippen molar-refractivity contribution in [2.24, 2.45) is 0 Å². The van der Waals surface area contributed by atoms with Gasteiger partial charge >= 0.3 is 0 Å². The van der Waals surface area contributed by atoms with Crippen LogP contribution in [0.15, 0.2) is 12.1 Å². The molecule has 1 fully saturated rings. The van der Waals surface area contributed by atoms with E-state index in [2.05, 4.69) is 4.90 Å². The summed E-state index contributed by atoms with van der Waals surface area (Å²) >= 11 is 0. The van der Waals surface area contributed by atoms with E-state index in [0.717, 1.165) is 35.7 Å². The summed E-state index contributed by atoms with van der Waals surface area (Å²) in [5.41, 5.74) is 8.91. The molecule has 0 spiro atoms. The monoisotopic (exact) mass is 234 g/mol. The largest absolute Gasteiger partial charge is 0.492 e. The van der Waals surface area contributed by atoms with Crippen molar-refractivity contribution in [1.82, 2.24) is 4.90 Å². The number of nitrogen functional groups attached to an aromatic ring is 1. The minimum absolute atomic E-state index is 0.768. The Labute approximate surface area is 104 Å². The van der Waals surface area contributed by atoms with Gasteiger partial charge in [0.1, 0.15) is 12.4 Å². The molecule has 0 bridgehead atoms. The van der Waals surface area contributed by atoms with Crippen molar-refractivity contribution in [1.29, 1.82) is 0 Å². The Bertz CT molecular complexity index is 384. The molecular formula is C14H22N2O. The van der Waals surface area contributed by atoms with E-state index in [4.69, 9.17) is 10.5 Å². The molecule has 1 aromatic carbocycles. The predicted octanol–water partition coefficient (Wildman–Crippen LogP) is 2.36. The van der Waals surface area contributed by atoms with Gasteiger partial charge in [-0.2, -0.15) is 0 Å². The maximum Gasteiger partial charge on any atom is 0.122 e. The summed E-state index contributed by atoms with van der Waals surface area (Å²) in [6, 6.07) is 4.02. The van der Waals surface area contributed by atoms with Gasteiger partial charge in [0.15, 0.2) is 0 Å². The quantitative estimate of drug-likeness (QED) is 0.813. The Morgan fingerprint density at radius 3 is 2.59 bits per heavy atom. The standard InChI is InChI=1S/C14H22N2O/c1-11-10-14(12(2)9-13(11)15)17-8-7-16-5-3-4-6-16/h9-10H,3-8,15H2,1-2H3. The van der Waals surface area contributed by atoms with Crippen LogP contribution >= 0.6 is 0 Å². The lowest BCUT2D eigenvalue weighted by Crippen LogP contribution is -2.25. The van der Waals surface area contributed by atoms with Crippen LogP contribution in [0.4, 0.5) is 5.69 Å². The second kappa shape index (κ2) is 5.41. The van der Waals surface area contributed by atoms with Crippen LogP contribution in [0.1, 0.15) is 24.0 Å². The first kappa shape index (κ1) is 12.2. The van der Waals surface area contributed by atoms with Crippen molar-refractivity contribution >= 4 is 5.69 Å². The molecule has 0 radical (unpaired) electrons. The highest BCUT2D eigenvalue weighted by molar-refractivity contribution is 5.53. The third kappa shape index (κ3) is 3.13. The number of rotatable bonds is 4. The summed E-state index contributed by atoms with van der Waals surface area (Å²) < 4.78 is 5.84. The minimum Gasteiger partial charge on any atom is -0.492 e. The predicted molar refractivity (Wildman–Crippen MR) is 71.5 cm³/mol. The molecular weight excluding hydrogens is 212 g/mol. The van der Waals surface area contributed by atoms with Crippen LogP contribution in [0, 0.1) is 13.8 Å². The van der Waals surface area contributed by atoms with E-state index in [-0.39, 0.29) is 0 Å². The number of anilines is 1. The van der Waals surface area contributed by atoms with Crippen LogP contribution in [0.5, 0.6) is 5.75 Å². The van der Waals surface area contributed by atoms with E-state index < -0.39 is 0 Å². The van der Waals surface area contributed by atoms with Gasteiger partial charge in [-0.3, -0.25) is 4.90 Å². The SMILES string of the molecule is Cc1cc(OCCN2CCCC2)c(C)cc1N. The number of hydrogen-bond acceptors (Lipinski definition) is 3. The lowest BCUT2D eigenvalue weighted by molar-refractivity contribution is 0.237. The van der Waals surface area contributed by atoms with Crippen LogP contribution < -0.4 is 10.5 Å². The number of hydrogen-bond donors (Lipinski definition) is 1.